The van der Waals surface area contributed by atoms with E-state index in [9.17, 15) is 9.59 Å². The molecule has 10 heteroatoms. The second kappa shape index (κ2) is 7.21. The van der Waals surface area contributed by atoms with Crippen molar-refractivity contribution in [1.82, 2.24) is 29.9 Å². The van der Waals surface area contributed by atoms with Gasteiger partial charge < -0.3 is 9.73 Å². The van der Waals surface area contributed by atoms with Crippen LogP contribution in [0, 0.1) is 0 Å². The fourth-order valence-electron chi connectivity index (χ4n) is 3.16. The van der Waals surface area contributed by atoms with Crippen LogP contribution in [0.25, 0.3) is 22.2 Å². The predicted molar refractivity (Wildman–Crippen MR) is 107 cm³/mol. The van der Waals surface area contributed by atoms with Crippen LogP contribution in [0.3, 0.4) is 0 Å². The van der Waals surface area contributed by atoms with Crippen molar-refractivity contribution in [2.45, 2.75) is 25.4 Å². The number of carbonyl (C=O) groups excluding carboxylic acids is 1. The summed E-state index contributed by atoms with van der Waals surface area (Å²) in [5, 5.41) is 16.1. The third-order valence-electron chi connectivity index (χ3n) is 4.73. The average Bonchev–Trinajstić information content (AvgIpc) is 3.21. The minimum absolute atomic E-state index is 0.134. The van der Waals surface area contributed by atoms with E-state index in [0.29, 0.717) is 17.3 Å². The summed E-state index contributed by atoms with van der Waals surface area (Å²) >= 11 is 1.56. The SMILES string of the molecule is O=C(NCCn1nc(-c2cccs2)n(C2CC2)c1=O)c1cc(-c2ccco2)[nH]n1. The van der Waals surface area contributed by atoms with Gasteiger partial charge >= 0.3 is 5.69 Å². The molecule has 5 rings (SSSR count). The van der Waals surface area contributed by atoms with Crippen LogP contribution in [0.15, 0.2) is 51.2 Å². The lowest BCUT2D eigenvalue weighted by molar-refractivity contribution is 0.0946. The number of carbonyl (C=O) groups is 1. The van der Waals surface area contributed by atoms with Gasteiger partial charge in [-0.05, 0) is 36.4 Å². The third kappa shape index (κ3) is 3.42. The Balaban J connectivity index is 1.27. The van der Waals surface area contributed by atoms with E-state index >= 15 is 0 Å². The third-order valence-corrected chi connectivity index (χ3v) is 5.60. The van der Waals surface area contributed by atoms with Crippen molar-refractivity contribution in [3.63, 3.8) is 0 Å². The van der Waals surface area contributed by atoms with E-state index < -0.39 is 0 Å². The molecule has 0 aliphatic heterocycles. The van der Waals surface area contributed by atoms with Gasteiger partial charge in [0.05, 0.1) is 17.7 Å². The number of aromatic nitrogens is 5. The molecule has 4 aromatic heterocycles. The Bertz CT molecular complexity index is 1180. The first-order valence-electron chi connectivity index (χ1n) is 9.31. The zero-order valence-corrected chi connectivity index (χ0v) is 16.2. The molecular formula is C19H18N6O3S. The van der Waals surface area contributed by atoms with Crippen LogP contribution in [-0.4, -0.2) is 37.0 Å². The van der Waals surface area contributed by atoms with Gasteiger partial charge in [-0.1, -0.05) is 6.07 Å². The molecule has 4 aromatic rings. The van der Waals surface area contributed by atoms with E-state index in [2.05, 4.69) is 20.6 Å². The number of nitrogens with one attached hydrogen (secondary N) is 2. The summed E-state index contributed by atoms with van der Waals surface area (Å²) in [7, 11) is 0. The van der Waals surface area contributed by atoms with Gasteiger partial charge in [0.15, 0.2) is 17.3 Å². The highest BCUT2D eigenvalue weighted by atomic mass is 32.1. The second-order valence-electron chi connectivity index (χ2n) is 6.81. The normalized spacial score (nSPS) is 13.7. The number of nitrogens with zero attached hydrogens (tertiary/aromatic N) is 4. The molecule has 9 nitrogen and oxygen atoms in total. The van der Waals surface area contributed by atoms with Gasteiger partial charge in [-0.15, -0.1) is 16.4 Å². The van der Waals surface area contributed by atoms with Crippen LogP contribution < -0.4 is 11.0 Å². The standard InChI is InChI=1S/C19H18N6O3S/c26-18(14-11-13(21-22-14)15-3-1-9-28-15)20-7-8-24-19(27)25(12-5-6-12)17(23-24)16-4-2-10-29-16/h1-4,9-12H,5-8H2,(H,20,26)(H,21,22). The summed E-state index contributed by atoms with van der Waals surface area (Å²) < 4.78 is 8.48. The van der Waals surface area contributed by atoms with E-state index in [4.69, 9.17) is 4.42 Å². The Hall–Kier alpha value is -3.40. The predicted octanol–water partition coefficient (Wildman–Crippen LogP) is 2.52. The van der Waals surface area contributed by atoms with Gasteiger partial charge in [-0.25, -0.2) is 9.48 Å². The highest BCUT2D eigenvalue weighted by molar-refractivity contribution is 7.13. The molecule has 0 aromatic carbocycles. The highest BCUT2D eigenvalue weighted by Gasteiger charge is 2.30. The van der Waals surface area contributed by atoms with E-state index in [1.54, 1.807) is 40.4 Å². The van der Waals surface area contributed by atoms with Crippen molar-refractivity contribution in [1.29, 1.82) is 0 Å². The molecule has 0 unspecified atom stereocenters. The Morgan fingerprint density at radius 2 is 2.24 bits per heavy atom. The quantitative estimate of drug-likeness (QED) is 0.486. The van der Waals surface area contributed by atoms with E-state index in [0.717, 1.165) is 17.7 Å². The van der Waals surface area contributed by atoms with Crippen LogP contribution in [0.2, 0.25) is 0 Å². The molecule has 0 bridgehead atoms. The Kier molecular flexibility index (Phi) is 4.39. The minimum Gasteiger partial charge on any atom is -0.463 e. The maximum Gasteiger partial charge on any atom is 0.346 e. The number of amides is 1. The molecule has 0 radical (unpaired) electrons. The van der Waals surface area contributed by atoms with Crippen LogP contribution in [0.4, 0.5) is 0 Å². The summed E-state index contributed by atoms with van der Waals surface area (Å²) in [4.78, 5) is 26.1. The molecule has 0 saturated heterocycles. The van der Waals surface area contributed by atoms with E-state index in [-0.39, 0.29) is 36.4 Å². The van der Waals surface area contributed by atoms with E-state index in [1.165, 1.54) is 4.68 Å². The fourth-order valence-corrected chi connectivity index (χ4v) is 3.87. The number of hydrogen-bond donors (Lipinski definition) is 2. The summed E-state index contributed by atoms with van der Waals surface area (Å²) in [6.45, 7) is 0.561. The van der Waals surface area contributed by atoms with Crippen molar-refractivity contribution in [3.8, 4) is 22.2 Å². The van der Waals surface area contributed by atoms with Crippen LogP contribution in [-0.2, 0) is 6.54 Å². The van der Waals surface area contributed by atoms with Crippen molar-refractivity contribution in [2.24, 2.45) is 0 Å². The first-order valence-corrected chi connectivity index (χ1v) is 10.2. The van der Waals surface area contributed by atoms with Gasteiger partial charge in [0, 0.05) is 18.7 Å². The zero-order chi connectivity index (χ0) is 19.8. The Labute approximate surface area is 169 Å². The maximum atomic E-state index is 12.8. The topological polar surface area (TPSA) is 111 Å². The minimum atomic E-state index is -0.327. The molecule has 1 amide bonds. The van der Waals surface area contributed by atoms with Gasteiger partial charge in [0.1, 0.15) is 5.69 Å². The number of H-pyrrole nitrogens is 1. The molecule has 148 valence electrons. The van der Waals surface area contributed by atoms with Crippen LogP contribution in [0.1, 0.15) is 29.4 Å². The van der Waals surface area contributed by atoms with Gasteiger partial charge in [0.25, 0.3) is 5.91 Å². The molecular weight excluding hydrogens is 392 g/mol. The van der Waals surface area contributed by atoms with E-state index in [1.807, 2.05) is 17.5 Å². The Morgan fingerprint density at radius 1 is 1.34 bits per heavy atom. The van der Waals surface area contributed by atoms with Gasteiger partial charge in [0.2, 0.25) is 0 Å². The lowest BCUT2D eigenvalue weighted by Gasteiger charge is -2.02. The lowest BCUT2D eigenvalue weighted by Crippen LogP contribution is -2.32. The molecule has 0 spiro atoms. The first-order chi connectivity index (χ1) is 14.2. The fraction of sp³-hybridized carbons (Fsp3) is 0.263. The van der Waals surface area contributed by atoms with Gasteiger partial charge in [-0.3, -0.25) is 14.5 Å². The van der Waals surface area contributed by atoms with Crippen molar-refractivity contribution < 1.29 is 9.21 Å². The highest BCUT2D eigenvalue weighted by Crippen LogP contribution is 2.37. The summed E-state index contributed by atoms with van der Waals surface area (Å²) in [6, 6.07) is 9.30. The molecule has 29 heavy (non-hydrogen) atoms. The monoisotopic (exact) mass is 410 g/mol. The smallest absolute Gasteiger partial charge is 0.346 e. The van der Waals surface area contributed by atoms with Crippen LogP contribution >= 0.6 is 11.3 Å². The molecule has 1 saturated carbocycles. The van der Waals surface area contributed by atoms with Crippen LogP contribution in [0.5, 0.6) is 0 Å². The number of rotatable bonds is 7. The molecule has 4 heterocycles. The molecule has 1 aliphatic rings. The zero-order valence-electron chi connectivity index (χ0n) is 15.4. The number of hydrogen-bond acceptors (Lipinski definition) is 6. The number of furan rings is 1. The molecule has 2 N–H and O–H groups in total. The largest absolute Gasteiger partial charge is 0.463 e. The first kappa shape index (κ1) is 17.7. The number of aromatic amines is 1. The maximum absolute atomic E-state index is 12.8. The second-order valence-corrected chi connectivity index (χ2v) is 7.76. The Morgan fingerprint density at radius 3 is 2.97 bits per heavy atom. The van der Waals surface area contributed by atoms with Crippen molar-refractivity contribution in [3.05, 3.63) is 58.2 Å². The average molecular weight is 410 g/mol. The molecule has 1 fully saturated rings. The van der Waals surface area contributed by atoms with Crippen molar-refractivity contribution in [2.75, 3.05) is 6.54 Å². The summed E-state index contributed by atoms with van der Waals surface area (Å²) in [6.07, 6.45) is 3.55. The molecule has 1 aliphatic carbocycles. The summed E-state index contributed by atoms with van der Waals surface area (Å²) in [5.74, 6) is 0.983. The lowest BCUT2D eigenvalue weighted by atomic mass is 10.3. The summed E-state index contributed by atoms with van der Waals surface area (Å²) in [5.41, 5.74) is 0.747. The number of thiophene rings is 1. The van der Waals surface area contributed by atoms with Crippen molar-refractivity contribution >= 4 is 17.2 Å². The van der Waals surface area contributed by atoms with Gasteiger partial charge in [-0.2, -0.15) is 5.10 Å². The molecule has 0 atom stereocenters.